The summed E-state index contributed by atoms with van der Waals surface area (Å²) < 4.78 is 0. The Bertz CT molecular complexity index is 625. The average Bonchev–Trinajstić information content (AvgIpc) is 2.77. The van der Waals surface area contributed by atoms with Crippen molar-refractivity contribution < 1.29 is 19.9 Å². The summed E-state index contributed by atoms with van der Waals surface area (Å²) in [6.45, 7) is 0. The molecule has 2 rings (SSSR count). The minimum absolute atomic E-state index is 0.100. The smallest absolute Gasteiger partial charge is 0.405 e. The number of carboxylic acid groups (broad SMARTS) is 1. The van der Waals surface area contributed by atoms with Gasteiger partial charge < -0.3 is 15.4 Å². The van der Waals surface area contributed by atoms with Crippen LogP contribution < -0.4 is 10.8 Å². The Morgan fingerprint density at radius 2 is 2.05 bits per heavy atom. The molecule has 0 aliphatic heterocycles. The highest BCUT2D eigenvalue weighted by Crippen LogP contribution is 2.31. The molecule has 0 bridgehead atoms. The third-order valence-electron chi connectivity index (χ3n) is 2.43. The van der Waals surface area contributed by atoms with E-state index in [1.807, 2.05) is 18.2 Å². The Labute approximate surface area is 112 Å². The molecule has 19 heavy (non-hydrogen) atoms. The Balaban J connectivity index is 2.36. The first kappa shape index (κ1) is 13.2. The predicted octanol–water partition coefficient (Wildman–Crippen LogP) is 1.60. The second kappa shape index (κ2) is 5.63. The molecule has 0 saturated carbocycles. The summed E-state index contributed by atoms with van der Waals surface area (Å²) in [7, 11) is 0. The Kier molecular flexibility index (Phi) is 3.93. The maximum atomic E-state index is 11.6. The topological polar surface area (TPSA) is 114 Å². The summed E-state index contributed by atoms with van der Waals surface area (Å²) in [5.74, 6) is -0.572. The van der Waals surface area contributed by atoms with E-state index in [1.54, 1.807) is 11.5 Å². The zero-order valence-electron chi connectivity index (χ0n) is 9.64. The van der Waals surface area contributed by atoms with E-state index in [4.69, 9.17) is 10.3 Å². The van der Waals surface area contributed by atoms with E-state index in [1.165, 1.54) is 0 Å². The number of carbonyl (C=O) groups is 2. The van der Waals surface area contributed by atoms with Gasteiger partial charge in [-0.05, 0) is 6.07 Å². The first-order chi connectivity index (χ1) is 9.13. The third kappa shape index (κ3) is 2.80. The molecule has 0 atom stereocenters. The number of fused-ring (bicyclic) bond motifs is 1. The van der Waals surface area contributed by atoms with Crippen LogP contribution in [0.1, 0.15) is 10.5 Å². The highest BCUT2D eigenvalue weighted by Gasteiger charge is 2.17. The van der Waals surface area contributed by atoms with Gasteiger partial charge >= 0.3 is 6.09 Å². The Hall–Kier alpha value is -2.19. The van der Waals surface area contributed by atoms with Crippen LogP contribution in [0.3, 0.4) is 0 Å². The first-order valence-corrected chi connectivity index (χ1v) is 6.26. The zero-order valence-corrected chi connectivity index (χ0v) is 10.5. The normalized spacial score (nSPS) is 10.4. The molecule has 100 valence electrons. The Morgan fingerprint density at radius 3 is 2.74 bits per heavy atom. The molecular formula is C11H11N3O4S. The van der Waals surface area contributed by atoms with E-state index in [2.05, 4.69) is 10.3 Å². The van der Waals surface area contributed by atoms with Gasteiger partial charge in [-0.2, -0.15) is 0 Å². The molecule has 0 aliphatic carbocycles. The van der Waals surface area contributed by atoms with Gasteiger partial charge in [0.15, 0.2) is 0 Å². The average molecular weight is 281 g/mol. The summed E-state index contributed by atoms with van der Waals surface area (Å²) >= 11 is 1.16. The molecule has 5 N–H and O–H groups in total. The highest BCUT2D eigenvalue weighted by atomic mass is 32.2. The lowest BCUT2D eigenvalue weighted by Crippen LogP contribution is -2.21. The number of rotatable bonds is 4. The number of hydrogen-bond acceptors (Lipinski definition) is 4. The fourth-order valence-corrected chi connectivity index (χ4v) is 2.61. The number of H-pyrrole nitrogens is 1. The van der Waals surface area contributed by atoms with E-state index in [-0.39, 0.29) is 11.6 Å². The van der Waals surface area contributed by atoms with Crippen LogP contribution in [-0.4, -0.2) is 33.2 Å². The van der Waals surface area contributed by atoms with Crippen molar-refractivity contribution in [2.75, 3.05) is 5.88 Å². The molecule has 8 heteroatoms. The first-order valence-electron chi connectivity index (χ1n) is 5.28. The van der Waals surface area contributed by atoms with Crippen LogP contribution in [0.5, 0.6) is 0 Å². The van der Waals surface area contributed by atoms with Crippen molar-refractivity contribution in [3.8, 4) is 0 Å². The third-order valence-corrected chi connectivity index (χ3v) is 3.43. The van der Waals surface area contributed by atoms with Crippen molar-refractivity contribution in [3.63, 3.8) is 0 Å². The monoisotopic (exact) mass is 281 g/mol. The standard InChI is InChI=1S/C11H11N3O4S/c15-10(14-18)8-9(19-5-12-11(16)17)6-3-1-2-4-7(6)13-8/h1-4,12-13,18H,5H2,(H,14,15)(H,16,17). The lowest BCUT2D eigenvalue weighted by Gasteiger charge is -2.03. The van der Waals surface area contributed by atoms with Gasteiger partial charge in [0.25, 0.3) is 5.91 Å². The quantitative estimate of drug-likeness (QED) is 0.253. The van der Waals surface area contributed by atoms with E-state index in [0.717, 1.165) is 22.7 Å². The van der Waals surface area contributed by atoms with Gasteiger partial charge in [-0.15, -0.1) is 11.8 Å². The number of hydrogen-bond donors (Lipinski definition) is 5. The SMILES string of the molecule is O=C(O)NCSc1c(C(=O)NO)[nH]c2ccccc12. The van der Waals surface area contributed by atoms with Crippen LogP contribution in [0.4, 0.5) is 4.79 Å². The molecule has 0 spiro atoms. The highest BCUT2D eigenvalue weighted by molar-refractivity contribution is 7.99. The van der Waals surface area contributed by atoms with Crippen LogP contribution in [0.15, 0.2) is 29.2 Å². The number of thioether (sulfide) groups is 1. The summed E-state index contributed by atoms with van der Waals surface area (Å²) in [6, 6.07) is 7.22. The maximum Gasteiger partial charge on any atom is 0.405 e. The molecule has 0 radical (unpaired) electrons. The Morgan fingerprint density at radius 1 is 1.32 bits per heavy atom. The number of aromatic nitrogens is 1. The van der Waals surface area contributed by atoms with E-state index >= 15 is 0 Å². The van der Waals surface area contributed by atoms with E-state index in [9.17, 15) is 9.59 Å². The predicted molar refractivity (Wildman–Crippen MR) is 69.4 cm³/mol. The summed E-state index contributed by atoms with van der Waals surface area (Å²) in [5, 5.41) is 20.2. The van der Waals surface area contributed by atoms with Crippen molar-refractivity contribution in [3.05, 3.63) is 30.0 Å². The molecule has 7 nitrogen and oxygen atoms in total. The maximum absolute atomic E-state index is 11.6. The molecule has 0 saturated heterocycles. The molecule has 1 aromatic carbocycles. The van der Waals surface area contributed by atoms with Crippen LogP contribution in [0.2, 0.25) is 0 Å². The molecule has 0 aliphatic rings. The summed E-state index contributed by atoms with van der Waals surface area (Å²) in [5.41, 5.74) is 2.49. The largest absolute Gasteiger partial charge is 0.465 e. The van der Waals surface area contributed by atoms with Gasteiger partial charge in [0.1, 0.15) is 5.69 Å². The fraction of sp³-hybridized carbons (Fsp3) is 0.0909. The molecular weight excluding hydrogens is 270 g/mol. The molecule has 0 unspecified atom stereocenters. The van der Waals surface area contributed by atoms with Gasteiger partial charge in [-0.25, -0.2) is 10.3 Å². The summed E-state index contributed by atoms with van der Waals surface area (Å²) in [4.78, 5) is 25.4. The van der Waals surface area contributed by atoms with Crippen molar-refractivity contribution >= 4 is 34.7 Å². The molecule has 1 aromatic heterocycles. The van der Waals surface area contributed by atoms with Crippen molar-refractivity contribution in [2.45, 2.75) is 4.90 Å². The zero-order chi connectivity index (χ0) is 13.8. The molecule has 2 amide bonds. The number of amides is 2. The number of para-hydroxylation sites is 1. The van der Waals surface area contributed by atoms with Gasteiger partial charge in [-0.3, -0.25) is 10.0 Å². The second-order valence-electron chi connectivity index (χ2n) is 3.59. The van der Waals surface area contributed by atoms with E-state index < -0.39 is 12.0 Å². The van der Waals surface area contributed by atoms with Gasteiger partial charge in [0.2, 0.25) is 0 Å². The fourth-order valence-electron chi connectivity index (χ4n) is 1.65. The molecule has 0 fully saturated rings. The lowest BCUT2D eigenvalue weighted by molar-refractivity contribution is 0.0698. The van der Waals surface area contributed by atoms with Crippen molar-refractivity contribution in [2.24, 2.45) is 0 Å². The number of aromatic amines is 1. The molecule has 2 aromatic rings. The number of carbonyl (C=O) groups excluding carboxylic acids is 1. The second-order valence-corrected chi connectivity index (χ2v) is 4.57. The van der Waals surface area contributed by atoms with Crippen LogP contribution >= 0.6 is 11.8 Å². The van der Waals surface area contributed by atoms with Crippen LogP contribution in [-0.2, 0) is 0 Å². The van der Waals surface area contributed by atoms with Gasteiger partial charge in [0, 0.05) is 15.8 Å². The minimum Gasteiger partial charge on any atom is -0.465 e. The van der Waals surface area contributed by atoms with E-state index in [0.29, 0.717) is 4.90 Å². The number of nitrogens with one attached hydrogen (secondary N) is 3. The minimum atomic E-state index is -1.14. The number of benzene rings is 1. The van der Waals surface area contributed by atoms with Crippen molar-refractivity contribution in [1.82, 2.24) is 15.8 Å². The van der Waals surface area contributed by atoms with Gasteiger partial charge in [-0.1, -0.05) is 18.2 Å². The molecule has 1 heterocycles. The number of hydroxylamine groups is 1. The summed E-state index contributed by atoms with van der Waals surface area (Å²) in [6.07, 6.45) is -1.14. The van der Waals surface area contributed by atoms with Crippen LogP contribution in [0, 0.1) is 0 Å². The van der Waals surface area contributed by atoms with Gasteiger partial charge in [0.05, 0.1) is 5.88 Å². The van der Waals surface area contributed by atoms with Crippen LogP contribution in [0.25, 0.3) is 10.9 Å². The van der Waals surface area contributed by atoms with Crippen molar-refractivity contribution in [1.29, 1.82) is 0 Å². The lowest BCUT2D eigenvalue weighted by atomic mass is 10.2.